The number of carboxylic acid groups (broad SMARTS) is 1. The second kappa shape index (κ2) is 5.44. The number of ether oxygens (including phenoxy) is 1. The molecule has 3 aliphatic rings. The topological polar surface area (TPSA) is 63.6 Å². The molecule has 0 aromatic heterocycles. The Morgan fingerprint density at radius 3 is 1.62 bits per heavy atom. The smallest absolute Gasteiger partial charge is 0.311 e. The van der Waals surface area contributed by atoms with E-state index in [2.05, 4.69) is 0 Å². The van der Waals surface area contributed by atoms with Crippen LogP contribution in [0.1, 0.15) is 43.0 Å². The molecular weight excluding hydrogens is 328 g/mol. The molecule has 26 heavy (non-hydrogen) atoms. The summed E-state index contributed by atoms with van der Waals surface area (Å²) in [4.78, 5) is 25.4. The molecule has 3 aliphatic carbocycles. The van der Waals surface area contributed by atoms with Crippen molar-refractivity contribution in [2.75, 3.05) is 6.61 Å². The zero-order valence-electron chi connectivity index (χ0n) is 15.2. The summed E-state index contributed by atoms with van der Waals surface area (Å²) in [7, 11) is 0. The normalized spacial score (nSPS) is 31.0. The third kappa shape index (κ3) is 1.79. The van der Waals surface area contributed by atoms with E-state index in [1.807, 2.05) is 62.4 Å². The summed E-state index contributed by atoms with van der Waals surface area (Å²) >= 11 is 0. The van der Waals surface area contributed by atoms with E-state index in [9.17, 15) is 14.7 Å². The number of hydrogen-bond donors (Lipinski definition) is 1. The van der Waals surface area contributed by atoms with E-state index in [1.54, 1.807) is 6.92 Å². The second-order valence-corrected chi connectivity index (χ2v) is 7.54. The molecule has 2 aromatic rings. The third-order valence-corrected chi connectivity index (χ3v) is 6.48. The predicted molar refractivity (Wildman–Crippen MR) is 97.0 cm³/mol. The highest BCUT2D eigenvalue weighted by Crippen LogP contribution is 2.64. The first-order valence-corrected chi connectivity index (χ1v) is 8.97. The number of hydrogen-bond acceptors (Lipinski definition) is 3. The van der Waals surface area contributed by atoms with Crippen LogP contribution in [0.3, 0.4) is 0 Å². The molecule has 134 valence electrons. The van der Waals surface area contributed by atoms with Crippen LogP contribution in [0.4, 0.5) is 0 Å². The lowest BCUT2D eigenvalue weighted by atomic mass is 9.42. The SMILES string of the molecule is CCOC(=O)[C@H]1[C@H](C(=O)O)C2(C)c3ccccc3C1(C)c1ccccc12. The molecule has 2 atom stereocenters. The fourth-order valence-electron chi connectivity index (χ4n) is 5.40. The average Bonchev–Trinajstić information content (AvgIpc) is 2.63. The Hall–Kier alpha value is -2.62. The second-order valence-electron chi connectivity index (χ2n) is 7.54. The van der Waals surface area contributed by atoms with Gasteiger partial charge in [0.15, 0.2) is 0 Å². The molecule has 0 fully saturated rings. The number of fused-ring (bicyclic) bond motifs is 1. The Morgan fingerprint density at radius 1 is 0.885 bits per heavy atom. The van der Waals surface area contributed by atoms with Gasteiger partial charge in [0.1, 0.15) is 0 Å². The van der Waals surface area contributed by atoms with E-state index >= 15 is 0 Å². The van der Waals surface area contributed by atoms with Crippen molar-refractivity contribution in [1.29, 1.82) is 0 Å². The van der Waals surface area contributed by atoms with Crippen molar-refractivity contribution in [2.45, 2.75) is 31.6 Å². The van der Waals surface area contributed by atoms with Gasteiger partial charge in [0.25, 0.3) is 0 Å². The minimum absolute atomic E-state index is 0.234. The van der Waals surface area contributed by atoms with E-state index in [-0.39, 0.29) is 6.61 Å². The van der Waals surface area contributed by atoms with Crippen LogP contribution < -0.4 is 0 Å². The zero-order chi connectivity index (χ0) is 18.7. The maximum absolute atomic E-state index is 13.0. The van der Waals surface area contributed by atoms with Crippen molar-refractivity contribution in [3.8, 4) is 0 Å². The number of esters is 1. The van der Waals surface area contributed by atoms with Crippen LogP contribution in [0.2, 0.25) is 0 Å². The van der Waals surface area contributed by atoms with Crippen molar-refractivity contribution < 1.29 is 19.4 Å². The highest BCUT2D eigenvalue weighted by atomic mass is 16.5. The number of carbonyl (C=O) groups is 2. The first-order valence-electron chi connectivity index (χ1n) is 8.97. The van der Waals surface area contributed by atoms with Gasteiger partial charge in [-0.3, -0.25) is 9.59 Å². The minimum Gasteiger partial charge on any atom is -0.481 e. The van der Waals surface area contributed by atoms with Crippen LogP contribution in [0.15, 0.2) is 48.5 Å². The Bertz CT molecular complexity index is 866. The lowest BCUT2D eigenvalue weighted by Crippen LogP contribution is -2.62. The number of rotatable bonds is 3. The molecule has 2 aromatic carbocycles. The summed E-state index contributed by atoms with van der Waals surface area (Å²) in [5.41, 5.74) is 2.52. The maximum atomic E-state index is 13.0. The minimum atomic E-state index is -0.958. The molecule has 0 saturated carbocycles. The number of aliphatic carboxylic acids is 1. The van der Waals surface area contributed by atoms with Gasteiger partial charge in [0.05, 0.1) is 18.4 Å². The van der Waals surface area contributed by atoms with E-state index in [4.69, 9.17) is 4.74 Å². The number of benzene rings is 2. The predicted octanol–water partition coefficient (Wildman–Crippen LogP) is 3.51. The lowest BCUT2D eigenvalue weighted by Gasteiger charge is -2.59. The van der Waals surface area contributed by atoms with Crippen LogP contribution in [-0.2, 0) is 25.2 Å². The molecule has 0 heterocycles. The summed E-state index contributed by atoms with van der Waals surface area (Å²) in [6.07, 6.45) is 0. The van der Waals surface area contributed by atoms with E-state index in [1.165, 1.54) is 0 Å². The molecule has 0 spiro atoms. The van der Waals surface area contributed by atoms with Crippen molar-refractivity contribution >= 4 is 11.9 Å². The molecule has 4 heteroatoms. The molecule has 0 radical (unpaired) electrons. The van der Waals surface area contributed by atoms with Crippen LogP contribution in [0.25, 0.3) is 0 Å². The average molecular weight is 350 g/mol. The van der Waals surface area contributed by atoms with Gasteiger partial charge in [-0.05, 0) is 29.2 Å². The highest BCUT2D eigenvalue weighted by molar-refractivity contribution is 5.89. The van der Waals surface area contributed by atoms with Crippen molar-refractivity contribution in [1.82, 2.24) is 0 Å². The summed E-state index contributed by atoms with van der Waals surface area (Å²) in [5, 5.41) is 10.2. The Morgan fingerprint density at radius 2 is 1.27 bits per heavy atom. The van der Waals surface area contributed by atoms with Crippen LogP contribution in [0, 0.1) is 11.8 Å². The van der Waals surface area contributed by atoms with E-state index in [0.717, 1.165) is 22.3 Å². The standard InChI is InChI=1S/C22H22O4/c1-4-26-20(25)18-17(19(23)24)21(2)13-9-5-7-11-15(13)22(18,3)16-12-8-6-10-14(16)21/h5-12,17-18H,4H2,1-3H3,(H,23,24)/t17-,18-,21?,22?/m1/s1. The molecule has 0 saturated heterocycles. The maximum Gasteiger partial charge on any atom is 0.311 e. The van der Waals surface area contributed by atoms with Gasteiger partial charge in [-0.25, -0.2) is 0 Å². The molecule has 4 nitrogen and oxygen atoms in total. The van der Waals surface area contributed by atoms with Crippen molar-refractivity contribution in [3.63, 3.8) is 0 Å². The first-order chi connectivity index (χ1) is 12.4. The van der Waals surface area contributed by atoms with E-state index < -0.39 is 34.6 Å². The van der Waals surface area contributed by atoms with Gasteiger partial charge in [-0.2, -0.15) is 0 Å². The molecular formula is C22H22O4. The van der Waals surface area contributed by atoms with Gasteiger partial charge < -0.3 is 9.84 Å². The molecule has 5 rings (SSSR count). The van der Waals surface area contributed by atoms with Gasteiger partial charge in [0.2, 0.25) is 0 Å². The fourth-order valence-corrected chi connectivity index (χ4v) is 5.40. The third-order valence-electron chi connectivity index (χ3n) is 6.48. The summed E-state index contributed by atoms with van der Waals surface area (Å²) in [6.45, 7) is 5.92. The number of carbonyl (C=O) groups excluding carboxylic acids is 1. The molecule has 0 unspecified atom stereocenters. The molecule has 0 aliphatic heterocycles. The molecule has 2 bridgehead atoms. The van der Waals surface area contributed by atoms with Crippen LogP contribution in [-0.4, -0.2) is 23.7 Å². The lowest BCUT2D eigenvalue weighted by molar-refractivity contribution is -0.164. The first kappa shape index (κ1) is 16.8. The Labute approximate surface area is 152 Å². The summed E-state index contributed by atoms with van der Waals surface area (Å²) < 4.78 is 5.35. The van der Waals surface area contributed by atoms with Gasteiger partial charge in [-0.1, -0.05) is 62.4 Å². The quantitative estimate of drug-likeness (QED) is 0.861. The summed E-state index contributed by atoms with van der Waals surface area (Å²) in [6, 6.07) is 15.8. The van der Waals surface area contributed by atoms with E-state index in [0.29, 0.717) is 0 Å². The van der Waals surface area contributed by atoms with Crippen LogP contribution in [0.5, 0.6) is 0 Å². The van der Waals surface area contributed by atoms with Gasteiger partial charge in [-0.15, -0.1) is 0 Å². The largest absolute Gasteiger partial charge is 0.481 e. The van der Waals surface area contributed by atoms with Gasteiger partial charge in [0, 0.05) is 10.8 Å². The summed E-state index contributed by atoms with van der Waals surface area (Å²) in [5.74, 6) is -3.04. The van der Waals surface area contributed by atoms with Gasteiger partial charge >= 0.3 is 11.9 Å². The Kier molecular flexibility index (Phi) is 3.52. The van der Waals surface area contributed by atoms with Crippen LogP contribution >= 0.6 is 0 Å². The van der Waals surface area contributed by atoms with Crippen molar-refractivity contribution in [2.24, 2.45) is 11.8 Å². The van der Waals surface area contributed by atoms with Crippen molar-refractivity contribution in [3.05, 3.63) is 70.8 Å². The monoisotopic (exact) mass is 350 g/mol. The highest BCUT2D eigenvalue weighted by Gasteiger charge is 2.66. The molecule has 0 amide bonds. The zero-order valence-corrected chi connectivity index (χ0v) is 15.2. The Balaban J connectivity index is 2.13. The number of carboxylic acids is 1. The molecule has 1 N–H and O–H groups in total. The fraction of sp³-hybridized carbons (Fsp3) is 0.364.